The fraction of sp³-hybridized carbons (Fsp3) is 0.294. The summed E-state index contributed by atoms with van der Waals surface area (Å²) in [6, 6.07) is 8.46. The van der Waals surface area contributed by atoms with Gasteiger partial charge in [-0.1, -0.05) is 17.7 Å². The molecular weight excluding hydrogens is 403 g/mol. The molecule has 0 radical (unpaired) electrons. The van der Waals surface area contributed by atoms with Crippen molar-refractivity contribution >= 4 is 46.1 Å². The van der Waals surface area contributed by atoms with Crippen molar-refractivity contribution in [2.75, 3.05) is 36.4 Å². The summed E-state index contributed by atoms with van der Waals surface area (Å²) < 4.78 is 37.5. The Hall–Kier alpha value is -2.26. The summed E-state index contributed by atoms with van der Waals surface area (Å²) in [5.41, 5.74) is 1.16. The average molecular weight is 418 g/mol. The molecule has 0 aliphatic carbocycles. The Morgan fingerprint density at radius 1 is 1.11 bits per heavy atom. The molecule has 1 aliphatic heterocycles. The maximum Gasteiger partial charge on any atom is 0.471 e. The molecule has 2 amide bonds. The standard InChI is InChI=1S/C17H15ClF3N3O2S/c18-12-10-11(22-15(25)14-2-1-9-27-14)3-4-13(12)23-5-7-24(8-6-23)16(26)17(19,20)21/h1-4,9-10H,5-8H2,(H,22,25). The van der Waals surface area contributed by atoms with Gasteiger partial charge in [-0.05, 0) is 29.6 Å². The van der Waals surface area contributed by atoms with E-state index < -0.39 is 12.1 Å². The molecule has 3 rings (SSSR count). The minimum absolute atomic E-state index is 0.0362. The molecule has 1 aromatic heterocycles. The Morgan fingerprint density at radius 2 is 1.81 bits per heavy atom. The molecule has 0 spiro atoms. The lowest BCUT2D eigenvalue weighted by Gasteiger charge is -2.36. The number of benzene rings is 1. The van der Waals surface area contributed by atoms with Gasteiger partial charge in [0.05, 0.1) is 15.6 Å². The number of rotatable bonds is 3. The first-order valence-corrected chi connectivity index (χ1v) is 9.27. The van der Waals surface area contributed by atoms with E-state index in [-0.39, 0.29) is 32.1 Å². The number of carbonyl (C=O) groups is 2. The van der Waals surface area contributed by atoms with Gasteiger partial charge in [0, 0.05) is 31.9 Å². The van der Waals surface area contributed by atoms with E-state index in [9.17, 15) is 22.8 Å². The van der Waals surface area contributed by atoms with Gasteiger partial charge in [0.1, 0.15) is 0 Å². The quantitative estimate of drug-likeness (QED) is 0.825. The zero-order valence-electron chi connectivity index (χ0n) is 13.9. The van der Waals surface area contributed by atoms with Crippen LogP contribution in [0, 0.1) is 0 Å². The van der Waals surface area contributed by atoms with Crippen molar-refractivity contribution in [1.82, 2.24) is 4.90 Å². The lowest BCUT2D eigenvalue weighted by Crippen LogP contribution is -2.52. The van der Waals surface area contributed by atoms with Crippen molar-refractivity contribution in [1.29, 1.82) is 0 Å². The lowest BCUT2D eigenvalue weighted by molar-refractivity contribution is -0.185. The minimum Gasteiger partial charge on any atom is -0.367 e. The maximum atomic E-state index is 12.5. The molecule has 0 saturated carbocycles. The number of hydrogen-bond donors (Lipinski definition) is 1. The van der Waals surface area contributed by atoms with Gasteiger partial charge >= 0.3 is 12.1 Å². The van der Waals surface area contributed by atoms with E-state index in [0.717, 1.165) is 4.90 Å². The van der Waals surface area contributed by atoms with E-state index in [1.165, 1.54) is 11.3 Å². The van der Waals surface area contributed by atoms with Crippen molar-refractivity contribution in [2.45, 2.75) is 6.18 Å². The highest BCUT2D eigenvalue weighted by molar-refractivity contribution is 7.12. The van der Waals surface area contributed by atoms with Crippen LogP contribution in [0.15, 0.2) is 35.7 Å². The molecule has 1 N–H and O–H groups in total. The molecule has 27 heavy (non-hydrogen) atoms. The van der Waals surface area contributed by atoms with E-state index in [4.69, 9.17) is 11.6 Å². The van der Waals surface area contributed by atoms with Crippen LogP contribution in [0.25, 0.3) is 0 Å². The van der Waals surface area contributed by atoms with Crippen molar-refractivity contribution in [2.24, 2.45) is 0 Å². The van der Waals surface area contributed by atoms with Gasteiger partial charge in [0.15, 0.2) is 0 Å². The highest BCUT2D eigenvalue weighted by Gasteiger charge is 2.43. The number of nitrogens with one attached hydrogen (secondary N) is 1. The summed E-state index contributed by atoms with van der Waals surface area (Å²) >= 11 is 7.61. The first-order chi connectivity index (χ1) is 12.8. The molecule has 2 heterocycles. The van der Waals surface area contributed by atoms with E-state index in [1.807, 2.05) is 4.90 Å². The number of anilines is 2. The van der Waals surface area contributed by atoms with E-state index in [1.54, 1.807) is 35.7 Å². The smallest absolute Gasteiger partial charge is 0.367 e. The number of piperazine rings is 1. The minimum atomic E-state index is -4.86. The van der Waals surface area contributed by atoms with Crippen LogP contribution in [0.4, 0.5) is 24.5 Å². The van der Waals surface area contributed by atoms with Crippen molar-refractivity contribution < 1.29 is 22.8 Å². The number of hydrogen-bond acceptors (Lipinski definition) is 4. The van der Waals surface area contributed by atoms with Crippen LogP contribution in [-0.2, 0) is 4.79 Å². The largest absolute Gasteiger partial charge is 0.471 e. The van der Waals surface area contributed by atoms with Gasteiger partial charge in [-0.15, -0.1) is 11.3 Å². The number of amides is 2. The first kappa shape index (κ1) is 19.5. The number of carbonyl (C=O) groups excluding carboxylic acids is 2. The SMILES string of the molecule is O=C(Nc1ccc(N2CCN(C(=O)C(F)(F)F)CC2)c(Cl)c1)c1cccs1. The molecule has 0 bridgehead atoms. The highest BCUT2D eigenvalue weighted by Crippen LogP contribution is 2.30. The van der Waals surface area contributed by atoms with Gasteiger partial charge in [-0.2, -0.15) is 13.2 Å². The fourth-order valence-electron chi connectivity index (χ4n) is 2.77. The Morgan fingerprint density at radius 3 is 2.37 bits per heavy atom. The summed E-state index contributed by atoms with van der Waals surface area (Å²) in [4.78, 5) is 26.5. The molecule has 1 saturated heterocycles. The third-order valence-electron chi connectivity index (χ3n) is 4.10. The van der Waals surface area contributed by atoms with Gasteiger partial charge in [-0.25, -0.2) is 0 Å². The number of nitrogens with zero attached hydrogens (tertiary/aromatic N) is 2. The maximum absolute atomic E-state index is 12.5. The molecule has 2 aromatic rings. The Kier molecular flexibility index (Phi) is 5.61. The van der Waals surface area contributed by atoms with E-state index in [2.05, 4.69) is 5.32 Å². The molecule has 5 nitrogen and oxygen atoms in total. The third kappa shape index (κ3) is 4.54. The average Bonchev–Trinajstić information content (AvgIpc) is 3.15. The van der Waals surface area contributed by atoms with Gasteiger partial charge in [0.25, 0.3) is 5.91 Å². The summed E-state index contributed by atoms with van der Waals surface area (Å²) in [5.74, 6) is -2.06. The van der Waals surface area contributed by atoms with Gasteiger partial charge < -0.3 is 15.1 Å². The van der Waals surface area contributed by atoms with Crippen LogP contribution in [0.3, 0.4) is 0 Å². The zero-order valence-corrected chi connectivity index (χ0v) is 15.5. The highest BCUT2D eigenvalue weighted by atomic mass is 35.5. The van der Waals surface area contributed by atoms with Crippen molar-refractivity contribution in [3.05, 3.63) is 45.6 Å². The van der Waals surface area contributed by atoms with Crippen LogP contribution in [0.5, 0.6) is 0 Å². The topological polar surface area (TPSA) is 52.7 Å². The summed E-state index contributed by atoms with van der Waals surface area (Å²) in [6.07, 6.45) is -4.86. The van der Waals surface area contributed by atoms with Crippen LogP contribution in [0.1, 0.15) is 9.67 Å². The predicted molar refractivity (Wildman–Crippen MR) is 98.6 cm³/mol. The summed E-state index contributed by atoms with van der Waals surface area (Å²) in [6.45, 7) is 0.405. The first-order valence-electron chi connectivity index (χ1n) is 8.01. The molecule has 144 valence electrons. The lowest BCUT2D eigenvalue weighted by atomic mass is 10.2. The Balaban J connectivity index is 1.63. The van der Waals surface area contributed by atoms with E-state index >= 15 is 0 Å². The molecule has 10 heteroatoms. The summed E-state index contributed by atoms with van der Waals surface area (Å²) in [7, 11) is 0. The van der Waals surface area contributed by atoms with Gasteiger partial charge in [0.2, 0.25) is 0 Å². The van der Waals surface area contributed by atoms with Crippen molar-refractivity contribution in [3.63, 3.8) is 0 Å². The predicted octanol–water partition coefficient (Wildman–Crippen LogP) is 3.86. The molecule has 1 fully saturated rings. The second kappa shape index (κ2) is 7.77. The Labute approximate surface area is 162 Å². The van der Waals surface area contributed by atoms with Crippen LogP contribution >= 0.6 is 22.9 Å². The zero-order chi connectivity index (χ0) is 19.6. The third-order valence-corrected chi connectivity index (χ3v) is 5.27. The molecule has 0 unspecified atom stereocenters. The number of alkyl halides is 3. The molecular formula is C17H15ClF3N3O2S. The van der Waals surface area contributed by atoms with Crippen LogP contribution in [-0.4, -0.2) is 49.1 Å². The Bertz CT molecular complexity index is 834. The normalized spacial score (nSPS) is 15.0. The van der Waals surface area contributed by atoms with Crippen LogP contribution < -0.4 is 10.2 Å². The summed E-state index contributed by atoms with van der Waals surface area (Å²) in [5, 5.41) is 4.91. The van der Waals surface area contributed by atoms with Gasteiger partial charge in [-0.3, -0.25) is 9.59 Å². The molecule has 1 aromatic carbocycles. The number of halogens is 4. The number of thiophene rings is 1. The molecule has 0 atom stereocenters. The van der Waals surface area contributed by atoms with E-state index in [0.29, 0.717) is 21.3 Å². The fourth-order valence-corrected chi connectivity index (χ4v) is 3.69. The van der Waals surface area contributed by atoms with Crippen LogP contribution in [0.2, 0.25) is 5.02 Å². The second-order valence-electron chi connectivity index (χ2n) is 5.87. The molecule has 1 aliphatic rings. The van der Waals surface area contributed by atoms with Crippen molar-refractivity contribution in [3.8, 4) is 0 Å². The monoisotopic (exact) mass is 417 g/mol. The second-order valence-corrected chi connectivity index (χ2v) is 7.23.